The van der Waals surface area contributed by atoms with Crippen LogP contribution in [0.1, 0.15) is 107 Å². The Morgan fingerprint density at radius 3 is 1.88 bits per heavy atom. The molecule has 43 heavy (non-hydrogen) atoms. The molecule has 1 unspecified atom stereocenters. The van der Waals surface area contributed by atoms with Crippen LogP contribution >= 0.6 is 0 Å². The lowest BCUT2D eigenvalue weighted by atomic mass is 9.83. The number of rotatable bonds is 10. The van der Waals surface area contributed by atoms with Crippen molar-refractivity contribution < 1.29 is 29.4 Å². The molecule has 7 nitrogen and oxygen atoms in total. The summed E-state index contributed by atoms with van der Waals surface area (Å²) in [6.45, 7) is 5.86. The molecule has 1 atom stereocenters. The lowest BCUT2D eigenvalue weighted by Gasteiger charge is -2.22. The van der Waals surface area contributed by atoms with Gasteiger partial charge in [0.25, 0.3) is 5.91 Å². The number of aliphatic hydroxyl groups excluding tert-OH is 1. The Labute approximate surface area is 252 Å². The van der Waals surface area contributed by atoms with Gasteiger partial charge in [-0.05, 0) is 59.1 Å². The maximum atomic E-state index is 13.8. The van der Waals surface area contributed by atoms with Gasteiger partial charge < -0.3 is 15.5 Å². The lowest BCUT2D eigenvalue weighted by Crippen LogP contribution is -2.36. The third kappa shape index (κ3) is 8.14. The summed E-state index contributed by atoms with van der Waals surface area (Å²) in [7, 11) is 0. The lowest BCUT2D eigenvalue weighted by molar-refractivity contribution is -0.146. The van der Waals surface area contributed by atoms with Gasteiger partial charge in [-0.1, -0.05) is 101 Å². The SMILES string of the molecule is CC(C)(C)c1ccc(C(=O)/C=C(/C(=O)c2ccc(C(=O)NCC(O)C(=O)O)cc2)c2ccc(C3CCCCC3)cc2)cc1. The van der Waals surface area contributed by atoms with Crippen LogP contribution in [0.25, 0.3) is 5.57 Å². The first-order valence-electron chi connectivity index (χ1n) is 14.7. The number of carbonyl (C=O) groups excluding carboxylic acids is 3. The zero-order chi connectivity index (χ0) is 31.1. The van der Waals surface area contributed by atoms with E-state index in [9.17, 15) is 24.3 Å². The number of carbonyl (C=O) groups is 4. The molecule has 224 valence electrons. The number of carboxylic acids is 1. The molecule has 0 aliphatic heterocycles. The Morgan fingerprint density at radius 1 is 0.791 bits per heavy atom. The van der Waals surface area contributed by atoms with Gasteiger partial charge in [-0.25, -0.2) is 4.79 Å². The van der Waals surface area contributed by atoms with Crippen LogP contribution in [-0.4, -0.2) is 46.3 Å². The normalized spacial score (nSPS) is 15.0. The van der Waals surface area contributed by atoms with E-state index in [1.807, 2.05) is 36.4 Å². The molecule has 1 aliphatic rings. The number of aliphatic hydroxyl groups is 1. The van der Waals surface area contributed by atoms with Gasteiger partial charge in [-0.15, -0.1) is 0 Å². The smallest absolute Gasteiger partial charge is 0.334 e. The molecule has 1 amide bonds. The topological polar surface area (TPSA) is 121 Å². The van der Waals surface area contributed by atoms with E-state index in [4.69, 9.17) is 5.11 Å². The van der Waals surface area contributed by atoms with Gasteiger partial charge in [0.05, 0.1) is 6.54 Å². The molecule has 4 rings (SSSR count). The van der Waals surface area contributed by atoms with E-state index in [0.717, 1.165) is 18.4 Å². The highest BCUT2D eigenvalue weighted by Gasteiger charge is 2.21. The number of hydrogen-bond donors (Lipinski definition) is 3. The molecule has 0 heterocycles. The standard InChI is InChI=1S/C36H39NO6/c1-36(2,3)29-19-17-26(18-20-29)31(38)21-30(25-11-9-24(10-12-25)23-7-5-4-6-8-23)33(40)27-13-15-28(16-14-27)34(41)37-22-32(39)35(42)43/h9-21,23,32,39H,4-8,22H2,1-3H3,(H,37,41)(H,42,43)/b30-21+. The van der Waals surface area contributed by atoms with E-state index < -0.39 is 24.5 Å². The van der Waals surface area contributed by atoms with Gasteiger partial charge in [-0.3, -0.25) is 14.4 Å². The van der Waals surface area contributed by atoms with E-state index in [0.29, 0.717) is 22.6 Å². The van der Waals surface area contributed by atoms with Crippen molar-refractivity contribution in [3.05, 3.63) is 112 Å². The number of carboxylic acid groups (broad SMARTS) is 1. The van der Waals surface area contributed by atoms with Crippen molar-refractivity contribution in [1.82, 2.24) is 5.32 Å². The highest BCUT2D eigenvalue weighted by Crippen LogP contribution is 2.33. The fourth-order valence-corrected chi connectivity index (χ4v) is 5.31. The maximum Gasteiger partial charge on any atom is 0.334 e. The molecule has 0 radical (unpaired) electrons. The van der Waals surface area contributed by atoms with Gasteiger partial charge in [0.15, 0.2) is 17.7 Å². The summed E-state index contributed by atoms with van der Waals surface area (Å²) in [5.41, 5.74) is 4.14. The molecule has 1 fully saturated rings. The number of allylic oxidation sites excluding steroid dienone is 2. The summed E-state index contributed by atoms with van der Waals surface area (Å²) < 4.78 is 0. The number of benzene rings is 3. The number of amides is 1. The van der Waals surface area contributed by atoms with E-state index in [2.05, 4.69) is 26.1 Å². The molecule has 0 spiro atoms. The van der Waals surface area contributed by atoms with Crippen LogP contribution < -0.4 is 5.32 Å². The molecule has 3 aromatic carbocycles. The second-order valence-electron chi connectivity index (χ2n) is 12.2. The number of Topliss-reactive ketones (excluding diaryl/α,β-unsaturated/α-hetero) is 1. The van der Waals surface area contributed by atoms with Gasteiger partial charge in [0.1, 0.15) is 0 Å². The van der Waals surface area contributed by atoms with Crippen LogP contribution in [-0.2, 0) is 10.2 Å². The quantitative estimate of drug-likeness (QED) is 0.189. The monoisotopic (exact) mass is 581 g/mol. The van der Waals surface area contributed by atoms with Crippen LogP contribution in [0, 0.1) is 0 Å². The first-order chi connectivity index (χ1) is 20.4. The van der Waals surface area contributed by atoms with Gasteiger partial charge in [-0.2, -0.15) is 0 Å². The first kappa shape index (κ1) is 31.6. The fourth-order valence-electron chi connectivity index (χ4n) is 5.31. The molecular formula is C36H39NO6. The van der Waals surface area contributed by atoms with Gasteiger partial charge in [0, 0.05) is 22.3 Å². The maximum absolute atomic E-state index is 13.8. The number of ketones is 2. The second-order valence-corrected chi connectivity index (χ2v) is 12.2. The van der Waals surface area contributed by atoms with Crippen molar-refractivity contribution in [3.63, 3.8) is 0 Å². The minimum atomic E-state index is -1.72. The fraction of sp³-hybridized carbons (Fsp3) is 0.333. The summed E-state index contributed by atoms with van der Waals surface area (Å²) in [5.74, 6) is -2.16. The average molecular weight is 582 g/mol. The molecule has 1 aliphatic carbocycles. The third-order valence-corrected chi connectivity index (χ3v) is 8.00. The van der Waals surface area contributed by atoms with E-state index >= 15 is 0 Å². The minimum Gasteiger partial charge on any atom is -0.479 e. The van der Waals surface area contributed by atoms with Crippen molar-refractivity contribution in [2.24, 2.45) is 0 Å². The second kappa shape index (κ2) is 13.7. The molecule has 7 heteroatoms. The highest BCUT2D eigenvalue weighted by atomic mass is 16.4. The van der Waals surface area contributed by atoms with Crippen molar-refractivity contribution >= 4 is 29.0 Å². The Hall–Kier alpha value is -4.36. The molecule has 3 N–H and O–H groups in total. The average Bonchev–Trinajstić information content (AvgIpc) is 3.02. The molecule has 1 saturated carbocycles. The Kier molecular flexibility index (Phi) is 10.1. The summed E-state index contributed by atoms with van der Waals surface area (Å²) in [4.78, 5) is 50.5. The van der Waals surface area contributed by atoms with Gasteiger partial charge in [0.2, 0.25) is 0 Å². The van der Waals surface area contributed by atoms with Crippen LogP contribution in [0.5, 0.6) is 0 Å². The summed E-state index contributed by atoms with van der Waals surface area (Å²) in [5, 5.41) is 20.6. The number of nitrogens with one attached hydrogen (secondary N) is 1. The van der Waals surface area contributed by atoms with E-state index in [1.165, 1.54) is 55.2 Å². The molecule has 0 saturated heterocycles. The molecule has 0 bridgehead atoms. The van der Waals surface area contributed by atoms with Crippen molar-refractivity contribution in [1.29, 1.82) is 0 Å². The largest absolute Gasteiger partial charge is 0.479 e. The Bertz CT molecular complexity index is 1490. The van der Waals surface area contributed by atoms with Crippen molar-refractivity contribution in [2.75, 3.05) is 6.54 Å². The molecule has 0 aromatic heterocycles. The van der Waals surface area contributed by atoms with E-state index in [1.54, 1.807) is 12.1 Å². The molecular weight excluding hydrogens is 542 g/mol. The van der Waals surface area contributed by atoms with Crippen LogP contribution in [0.2, 0.25) is 0 Å². The van der Waals surface area contributed by atoms with Crippen molar-refractivity contribution in [2.45, 2.75) is 70.3 Å². The third-order valence-electron chi connectivity index (χ3n) is 8.00. The van der Waals surface area contributed by atoms with E-state index in [-0.39, 0.29) is 28.1 Å². The predicted molar refractivity (Wildman–Crippen MR) is 166 cm³/mol. The summed E-state index contributed by atoms with van der Waals surface area (Å²) in [6, 6.07) is 21.2. The Morgan fingerprint density at radius 2 is 1.33 bits per heavy atom. The van der Waals surface area contributed by atoms with Crippen LogP contribution in [0.4, 0.5) is 0 Å². The van der Waals surface area contributed by atoms with Gasteiger partial charge >= 0.3 is 5.97 Å². The highest BCUT2D eigenvalue weighted by molar-refractivity contribution is 6.32. The van der Waals surface area contributed by atoms with Crippen LogP contribution in [0.3, 0.4) is 0 Å². The minimum absolute atomic E-state index is 0.0578. The summed E-state index contributed by atoms with van der Waals surface area (Å²) >= 11 is 0. The number of hydrogen-bond acceptors (Lipinski definition) is 5. The predicted octanol–water partition coefficient (Wildman–Crippen LogP) is 6.36. The first-order valence-corrected chi connectivity index (χ1v) is 14.7. The number of aliphatic carboxylic acids is 1. The molecule has 3 aromatic rings. The zero-order valence-electron chi connectivity index (χ0n) is 24.9. The summed E-state index contributed by atoms with van der Waals surface area (Å²) in [6.07, 6.45) is 5.67. The zero-order valence-corrected chi connectivity index (χ0v) is 24.9. The van der Waals surface area contributed by atoms with Crippen LogP contribution in [0.15, 0.2) is 78.9 Å². The Balaban J connectivity index is 1.62. The van der Waals surface area contributed by atoms with Crippen molar-refractivity contribution in [3.8, 4) is 0 Å².